The van der Waals surface area contributed by atoms with Crippen molar-refractivity contribution in [3.05, 3.63) is 28.2 Å². The lowest BCUT2D eigenvalue weighted by Gasteiger charge is -2.42. The van der Waals surface area contributed by atoms with Gasteiger partial charge >= 0.3 is 0 Å². The molecular weight excluding hydrogens is 294 g/mol. The van der Waals surface area contributed by atoms with E-state index in [9.17, 15) is 5.11 Å². The first-order valence-electron chi connectivity index (χ1n) is 7.01. The molecular formula is C15H18ClNO2S. The number of rotatable bonds is 5. The van der Waals surface area contributed by atoms with E-state index in [1.807, 2.05) is 12.1 Å². The first-order valence-corrected chi connectivity index (χ1v) is 8.21. The van der Waals surface area contributed by atoms with Crippen LogP contribution in [0.25, 0.3) is 10.2 Å². The van der Waals surface area contributed by atoms with Crippen LogP contribution in [0.5, 0.6) is 0 Å². The Bertz CT molecular complexity index is 607. The molecule has 20 heavy (non-hydrogen) atoms. The Balaban J connectivity index is 1.69. The monoisotopic (exact) mass is 311 g/mol. The maximum Gasteiger partial charge on any atom is 0.130 e. The molecule has 1 N–H and O–H groups in total. The molecule has 0 radical (unpaired) electrons. The van der Waals surface area contributed by atoms with E-state index < -0.39 is 5.60 Å². The summed E-state index contributed by atoms with van der Waals surface area (Å²) in [5.41, 5.74) is -0.741. The Kier molecular flexibility index (Phi) is 4.00. The molecule has 1 aliphatic carbocycles. The number of halogens is 1. The number of thiophene rings is 1. The first-order chi connectivity index (χ1) is 9.60. The van der Waals surface area contributed by atoms with Crippen molar-refractivity contribution >= 4 is 33.2 Å². The van der Waals surface area contributed by atoms with Crippen LogP contribution in [-0.4, -0.2) is 22.8 Å². The zero-order chi connectivity index (χ0) is 14.2. The molecule has 2 aromatic rings. The second-order valence-electron chi connectivity index (χ2n) is 5.43. The summed E-state index contributed by atoms with van der Waals surface area (Å²) in [5, 5.41) is 12.2. The van der Waals surface area contributed by atoms with Crippen molar-refractivity contribution < 1.29 is 9.84 Å². The fraction of sp³-hybridized carbons (Fsp3) is 0.533. The van der Waals surface area contributed by atoms with Crippen LogP contribution in [0.3, 0.4) is 0 Å². The van der Waals surface area contributed by atoms with E-state index in [4.69, 9.17) is 16.3 Å². The number of pyridine rings is 1. The second-order valence-corrected chi connectivity index (χ2v) is 6.84. The summed E-state index contributed by atoms with van der Waals surface area (Å²) in [4.78, 5) is 6.14. The minimum atomic E-state index is -0.741. The molecule has 3 nitrogen and oxygen atoms in total. The third-order valence-electron chi connectivity index (χ3n) is 3.79. The molecule has 2 heterocycles. The molecule has 0 atom stereocenters. The average Bonchev–Trinajstić information content (AvgIpc) is 2.80. The van der Waals surface area contributed by atoms with Gasteiger partial charge in [-0.3, -0.25) is 0 Å². The lowest BCUT2D eigenvalue weighted by Crippen LogP contribution is -2.45. The molecule has 1 fully saturated rings. The number of fused-ring (bicyclic) bond motifs is 1. The van der Waals surface area contributed by atoms with Gasteiger partial charge in [0, 0.05) is 29.7 Å². The number of hydrogen-bond donors (Lipinski definition) is 1. The zero-order valence-corrected chi connectivity index (χ0v) is 13.0. The minimum absolute atomic E-state index is 0.188. The minimum Gasteiger partial charge on any atom is -0.384 e. The van der Waals surface area contributed by atoms with Crippen molar-refractivity contribution in [3.63, 3.8) is 0 Å². The number of unbranched alkanes of at least 4 members (excludes halogenated alkanes) is 1. The highest BCUT2D eigenvalue weighted by Gasteiger charge is 2.45. The Morgan fingerprint density at radius 1 is 1.50 bits per heavy atom. The highest BCUT2D eigenvalue weighted by molar-refractivity contribution is 7.18. The van der Waals surface area contributed by atoms with Crippen molar-refractivity contribution in [2.45, 2.75) is 44.3 Å². The van der Waals surface area contributed by atoms with Crippen molar-refractivity contribution in [1.29, 1.82) is 0 Å². The van der Waals surface area contributed by atoms with Crippen LogP contribution in [0, 0.1) is 0 Å². The van der Waals surface area contributed by atoms with E-state index in [1.165, 1.54) is 11.3 Å². The van der Waals surface area contributed by atoms with E-state index in [-0.39, 0.29) is 6.10 Å². The third kappa shape index (κ3) is 2.70. The van der Waals surface area contributed by atoms with E-state index in [2.05, 4.69) is 11.9 Å². The first kappa shape index (κ1) is 14.3. The molecule has 0 bridgehead atoms. The largest absolute Gasteiger partial charge is 0.384 e. The predicted octanol–water partition coefficient (Wildman–Crippen LogP) is 4.12. The summed E-state index contributed by atoms with van der Waals surface area (Å²) >= 11 is 7.42. The Labute approximate surface area is 127 Å². The van der Waals surface area contributed by atoms with Gasteiger partial charge in [-0.1, -0.05) is 24.9 Å². The summed E-state index contributed by atoms with van der Waals surface area (Å²) in [5.74, 6) is 0. The van der Waals surface area contributed by atoms with E-state index in [0.29, 0.717) is 18.0 Å². The van der Waals surface area contributed by atoms with Crippen LogP contribution in [0.4, 0.5) is 0 Å². The molecule has 0 aromatic carbocycles. The Morgan fingerprint density at radius 3 is 3.05 bits per heavy atom. The van der Waals surface area contributed by atoms with Gasteiger partial charge in [0.2, 0.25) is 0 Å². The Morgan fingerprint density at radius 2 is 2.30 bits per heavy atom. The number of aromatic nitrogens is 1. The zero-order valence-electron chi connectivity index (χ0n) is 11.4. The highest BCUT2D eigenvalue weighted by Crippen LogP contribution is 2.46. The summed E-state index contributed by atoms with van der Waals surface area (Å²) in [6.45, 7) is 2.94. The van der Waals surface area contributed by atoms with Crippen LogP contribution in [0.15, 0.2) is 18.2 Å². The maximum atomic E-state index is 10.6. The molecule has 0 amide bonds. The van der Waals surface area contributed by atoms with Gasteiger partial charge < -0.3 is 9.84 Å². The SMILES string of the molecule is CCCCOC1CC(O)(c2cc3ccc(Cl)nc3s2)C1. The van der Waals surface area contributed by atoms with Crippen LogP contribution in [0.1, 0.15) is 37.5 Å². The molecule has 1 aliphatic rings. The normalized spacial score (nSPS) is 25.9. The quantitative estimate of drug-likeness (QED) is 0.667. The van der Waals surface area contributed by atoms with Crippen molar-refractivity contribution in [2.75, 3.05) is 6.61 Å². The van der Waals surface area contributed by atoms with Crippen LogP contribution < -0.4 is 0 Å². The molecule has 0 saturated heterocycles. The van der Waals surface area contributed by atoms with Crippen LogP contribution in [-0.2, 0) is 10.3 Å². The summed E-state index contributed by atoms with van der Waals surface area (Å²) in [6.07, 6.45) is 3.77. The molecule has 1 saturated carbocycles. The van der Waals surface area contributed by atoms with Crippen molar-refractivity contribution in [1.82, 2.24) is 4.98 Å². The van der Waals surface area contributed by atoms with Gasteiger partial charge in [-0.25, -0.2) is 4.98 Å². The van der Waals surface area contributed by atoms with E-state index in [1.54, 1.807) is 6.07 Å². The molecule has 0 unspecified atom stereocenters. The van der Waals surface area contributed by atoms with Crippen molar-refractivity contribution in [2.24, 2.45) is 0 Å². The summed E-state index contributed by atoms with van der Waals surface area (Å²) in [6, 6.07) is 5.75. The van der Waals surface area contributed by atoms with E-state index >= 15 is 0 Å². The van der Waals surface area contributed by atoms with E-state index in [0.717, 1.165) is 34.5 Å². The van der Waals surface area contributed by atoms with Crippen LogP contribution in [0.2, 0.25) is 5.15 Å². The third-order valence-corrected chi connectivity index (χ3v) is 5.24. The number of aliphatic hydroxyl groups is 1. The van der Waals surface area contributed by atoms with Gasteiger partial charge in [-0.2, -0.15) is 0 Å². The topological polar surface area (TPSA) is 42.4 Å². The maximum absolute atomic E-state index is 10.6. The van der Waals surface area contributed by atoms with Gasteiger partial charge in [-0.05, 0) is 24.6 Å². The molecule has 3 rings (SSSR count). The lowest BCUT2D eigenvalue weighted by molar-refractivity contribution is -0.143. The predicted molar refractivity (Wildman–Crippen MR) is 82.4 cm³/mol. The van der Waals surface area contributed by atoms with Gasteiger partial charge in [-0.15, -0.1) is 11.3 Å². The highest BCUT2D eigenvalue weighted by atomic mass is 35.5. The summed E-state index contributed by atoms with van der Waals surface area (Å²) in [7, 11) is 0. The molecule has 2 aromatic heterocycles. The fourth-order valence-corrected chi connectivity index (χ4v) is 3.87. The number of nitrogens with zero attached hydrogens (tertiary/aromatic N) is 1. The molecule has 0 aliphatic heterocycles. The second kappa shape index (κ2) is 5.60. The summed E-state index contributed by atoms with van der Waals surface area (Å²) < 4.78 is 5.74. The Hall–Kier alpha value is -0.680. The number of hydrogen-bond acceptors (Lipinski definition) is 4. The molecule has 108 valence electrons. The van der Waals surface area contributed by atoms with Gasteiger partial charge in [0.25, 0.3) is 0 Å². The van der Waals surface area contributed by atoms with Crippen LogP contribution >= 0.6 is 22.9 Å². The van der Waals surface area contributed by atoms with Crippen molar-refractivity contribution in [3.8, 4) is 0 Å². The molecule has 0 spiro atoms. The fourth-order valence-electron chi connectivity index (χ4n) is 2.53. The van der Waals surface area contributed by atoms with Gasteiger partial charge in [0.15, 0.2) is 0 Å². The standard InChI is InChI=1S/C15H18ClNO2S/c1-2-3-6-19-11-8-15(18,9-11)12-7-10-4-5-13(16)17-14(10)20-12/h4-5,7,11,18H,2-3,6,8-9H2,1H3. The average molecular weight is 312 g/mol. The van der Waals surface area contributed by atoms with Gasteiger partial charge in [0.05, 0.1) is 6.10 Å². The lowest BCUT2D eigenvalue weighted by atomic mass is 9.76. The number of ether oxygens (including phenoxy) is 1. The van der Waals surface area contributed by atoms with Gasteiger partial charge in [0.1, 0.15) is 15.6 Å². The molecule has 5 heteroatoms. The smallest absolute Gasteiger partial charge is 0.130 e.